The molecule has 0 atom stereocenters. The van der Waals surface area contributed by atoms with Crippen molar-refractivity contribution in [2.75, 3.05) is 13.7 Å². The average molecular weight is 348 g/mol. The first-order chi connectivity index (χ1) is 12.7. The van der Waals surface area contributed by atoms with Gasteiger partial charge in [-0.25, -0.2) is 4.98 Å². The number of amides is 1. The molecular formula is C20H20N4O2. The number of hydrogen-bond donors (Lipinski definition) is 2. The fourth-order valence-corrected chi connectivity index (χ4v) is 3.10. The van der Waals surface area contributed by atoms with Gasteiger partial charge >= 0.3 is 0 Å². The molecule has 2 aromatic heterocycles. The molecule has 0 saturated heterocycles. The van der Waals surface area contributed by atoms with Gasteiger partial charge in [0.15, 0.2) is 0 Å². The third-order valence-corrected chi connectivity index (χ3v) is 4.41. The summed E-state index contributed by atoms with van der Waals surface area (Å²) in [4.78, 5) is 20.0. The van der Waals surface area contributed by atoms with Crippen molar-refractivity contribution < 1.29 is 9.53 Å². The molecule has 2 heterocycles. The van der Waals surface area contributed by atoms with E-state index in [0.717, 1.165) is 33.5 Å². The molecule has 132 valence electrons. The summed E-state index contributed by atoms with van der Waals surface area (Å²) in [5.74, 6) is 1.67. The average Bonchev–Trinajstić information content (AvgIpc) is 3.25. The smallest absolute Gasteiger partial charge is 0.239 e. The quantitative estimate of drug-likeness (QED) is 0.563. The first-order valence-corrected chi connectivity index (χ1v) is 8.56. The molecule has 0 saturated carbocycles. The van der Waals surface area contributed by atoms with Gasteiger partial charge < -0.3 is 19.6 Å². The number of nitrogens with one attached hydrogen (secondary N) is 2. The van der Waals surface area contributed by atoms with E-state index >= 15 is 0 Å². The highest BCUT2D eigenvalue weighted by Crippen LogP contribution is 2.21. The second-order valence-electron chi connectivity index (χ2n) is 6.17. The Labute approximate surface area is 150 Å². The van der Waals surface area contributed by atoms with Gasteiger partial charge in [0.1, 0.15) is 18.1 Å². The summed E-state index contributed by atoms with van der Waals surface area (Å²) in [5, 5.41) is 4.01. The van der Waals surface area contributed by atoms with Crippen LogP contribution >= 0.6 is 0 Å². The van der Waals surface area contributed by atoms with Crippen LogP contribution in [0.2, 0.25) is 0 Å². The summed E-state index contributed by atoms with van der Waals surface area (Å²) in [6.07, 6.45) is 2.59. The van der Waals surface area contributed by atoms with Crippen LogP contribution in [-0.2, 0) is 17.8 Å². The minimum atomic E-state index is -0.0190. The molecule has 0 spiro atoms. The molecule has 1 amide bonds. The number of para-hydroxylation sites is 2. The minimum absolute atomic E-state index is 0.0190. The summed E-state index contributed by atoms with van der Waals surface area (Å²) in [5.41, 5.74) is 2.98. The lowest BCUT2D eigenvalue weighted by molar-refractivity contribution is -0.121. The van der Waals surface area contributed by atoms with Gasteiger partial charge in [0, 0.05) is 30.1 Å². The van der Waals surface area contributed by atoms with Crippen LogP contribution in [0.3, 0.4) is 0 Å². The van der Waals surface area contributed by atoms with Crippen molar-refractivity contribution in [3.63, 3.8) is 0 Å². The van der Waals surface area contributed by atoms with Crippen LogP contribution in [0.15, 0.2) is 54.7 Å². The van der Waals surface area contributed by atoms with Crippen molar-refractivity contribution >= 4 is 27.8 Å². The second-order valence-corrected chi connectivity index (χ2v) is 6.17. The highest BCUT2D eigenvalue weighted by Gasteiger charge is 2.08. The van der Waals surface area contributed by atoms with Crippen LogP contribution in [-0.4, -0.2) is 34.1 Å². The maximum atomic E-state index is 12.3. The van der Waals surface area contributed by atoms with Crippen molar-refractivity contribution in [2.24, 2.45) is 0 Å². The summed E-state index contributed by atoms with van der Waals surface area (Å²) in [6.45, 7) is 0.835. The molecule has 6 nitrogen and oxygen atoms in total. The maximum Gasteiger partial charge on any atom is 0.239 e. The first kappa shape index (κ1) is 16.2. The van der Waals surface area contributed by atoms with Crippen molar-refractivity contribution in [3.05, 3.63) is 60.6 Å². The fraction of sp³-hybridized carbons (Fsp3) is 0.200. The molecule has 6 heteroatoms. The van der Waals surface area contributed by atoms with Gasteiger partial charge in [0.25, 0.3) is 0 Å². The molecule has 2 aromatic carbocycles. The maximum absolute atomic E-state index is 12.3. The van der Waals surface area contributed by atoms with Crippen molar-refractivity contribution in [3.8, 4) is 5.75 Å². The Bertz CT molecular complexity index is 1030. The third kappa shape index (κ3) is 3.26. The lowest BCUT2D eigenvalue weighted by Gasteiger charge is -2.07. The summed E-state index contributed by atoms with van der Waals surface area (Å²) < 4.78 is 7.17. The predicted molar refractivity (Wildman–Crippen MR) is 101 cm³/mol. The minimum Gasteiger partial charge on any atom is -0.497 e. The number of rotatable bonds is 6. The number of ether oxygens (including phenoxy) is 1. The Morgan fingerprint density at radius 1 is 1.23 bits per heavy atom. The summed E-state index contributed by atoms with van der Waals surface area (Å²) >= 11 is 0. The molecule has 0 aliphatic heterocycles. The number of H-pyrrole nitrogens is 1. The van der Waals surface area contributed by atoms with Crippen LogP contribution in [0, 0.1) is 0 Å². The number of nitrogens with zero attached hydrogens (tertiary/aromatic N) is 2. The SMILES string of the molecule is COc1ccc2c(ccn2CC(=O)NCCc2nc3ccccc3[nH]2)c1. The van der Waals surface area contributed by atoms with E-state index in [1.54, 1.807) is 7.11 Å². The number of imidazole rings is 1. The van der Waals surface area contributed by atoms with Crippen LogP contribution < -0.4 is 10.1 Å². The molecule has 26 heavy (non-hydrogen) atoms. The standard InChI is InChI=1S/C20H20N4O2/c1-26-15-6-7-18-14(12-15)9-11-24(18)13-20(25)21-10-8-19-22-16-4-2-3-5-17(16)23-19/h2-7,9,11-12H,8,10,13H2,1H3,(H,21,25)(H,22,23). The molecule has 0 aliphatic carbocycles. The van der Waals surface area contributed by atoms with Gasteiger partial charge in [-0.3, -0.25) is 4.79 Å². The number of aromatic amines is 1. The second kappa shape index (κ2) is 6.92. The Morgan fingerprint density at radius 3 is 2.96 bits per heavy atom. The van der Waals surface area contributed by atoms with Crippen LogP contribution in [0.4, 0.5) is 0 Å². The van der Waals surface area contributed by atoms with E-state index in [1.165, 1.54) is 0 Å². The Morgan fingerprint density at radius 2 is 2.12 bits per heavy atom. The highest BCUT2D eigenvalue weighted by atomic mass is 16.5. The molecule has 0 bridgehead atoms. The summed E-state index contributed by atoms with van der Waals surface area (Å²) in [7, 11) is 1.65. The number of carbonyl (C=O) groups is 1. The van der Waals surface area contributed by atoms with Crippen molar-refractivity contribution in [2.45, 2.75) is 13.0 Å². The fourth-order valence-electron chi connectivity index (χ4n) is 3.10. The zero-order valence-corrected chi connectivity index (χ0v) is 14.5. The topological polar surface area (TPSA) is 71.9 Å². The van der Waals surface area contributed by atoms with Gasteiger partial charge in [0.05, 0.1) is 18.1 Å². The normalized spacial score (nSPS) is 11.1. The van der Waals surface area contributed by atoms with Gasteiger partial charge in [-0.15, -0.1) is 0 Å². The van der Waals surface area contributed by atoms with E-state index in [0.29, 0.717) is 13.0 Å². The van der Waals surface area contributed by atoms with Gasteiger partial charge in [0.2, 0.25) is 5.91 Å². The van der Waals surface area contributed by atoms with E-state index in [4.69, 9.17) is 4.74 Å². The van der Waals surface area contributed by atoms with Gasteiger partial charge in [-0.2, -0.15) is 0 Å². The first-order valence-electron chi connectivity index (χ1n) is 8.56. The molecule has 0 aliphatic rings. The van der Waals surface area contributed by atoms with E-state index in [-0.39, 0.29) is 12.5 Å². The Balaban J connectivity index is 1.35. The molecule has 4 aromatic rings. The molecule has 0 radical (unpaired) electrons. The van der Waals surface area contributed by atoms with Crippen LogP contribution in [0.5, 0.6) is 5.75 Å². The number of hydrogen-bond acceptors (Lipinski definition) is 3. The number of benzene rings is 2. The largest absolute Gasteiger partial charge is 0.497 e. The predicted octanol–water partition coefficient (Wildman–Crippen LogP) is 2.89. The number of methoxy groups -OCH3 is 1. The van der Waals surface area contributed by atoms with E-state index < -0.39 is 0 Å². The Hall–Kier alpha value is -3.28. The molecular weight excluding hydrogens is 328 g/mol. The monoisotopic (exact) mass is 348 g/mol. The lowest BCUT2D eigenvalue weighted by atomic mass is 10.2. The zero-order chi connectivity index (χ0) is 17.9. The van der Waals surface area contributed by atoms with Crippen LogP contribution in [0.25, 0.3) is 21.9 Å². The third-order valence-electron chi connectivity index (χ3n) is 4.41. The number of carbonyl (C=O) groups excluding carboxylic acids is 1. The molecule has 2 N–H and O–H groups in total. The van der Waals surface area contributed by atoms with E-state index in [1.807, 2.05) is 59.3 Å². The number of aromatic nitrogens is 3. The number of fused-ring (bicyclic) bond motifs is 2. The van der Waals surface area contributed by atoms with Gasteiger partial charge in [-0.1, -0.05) is 12.1 Å². The molecule has 0 unspecified atom stereocenters. The molecule has 4 rings (SSSR count). The van der Waals surface area contributed by atoms with Crippen molar-refractivity contribution in [1.82, 2.24) is 19.9 Å². The zero-order valence-electron chi connectivity index (χ0n) is 14.5. The molecule has 0 fully saturated rings. The summed E-state index contributed by atoms with van der Waals surface area (Å²) in [6, 6.07) is 15.7. The highest BCUT2D eigenvalue weighted by molar-refractivity contribution is 5.84. The Kier molecular flexibility index (Phi) is 4.31. The van der Waals surface area contributed by atoms with Crippen LogP contribution in [0.1, 0.15) is 5.82 Å². The van der Waals surface area contributed by atoms with Gasteiger partial charge in [-0.05, 0) is 36.4 Å². The lowest BCUT2D eigenvalue weighted by Crippen LogP contribution is -2.29. The van der Waals surface area contributed by atoms with E-state index in [9.17, 15) is 4.79 Å². The van der Waals surface area contributed by atoms with E-state index in [2.05, 4.69) is 15.3 Å². The van der Waals surface area contributed by atoms with Crippen molar-refractivity contribution in [1.29, 1.82) is 0 Å².